The maximum atomic E-state index is 6.18. The van der Waals surface area contributed by atoms with Crippen molar-refractivity contribution in [1.82, 2.24) is 9.55 Å². The molecular weight excluding hydrogens is 512 g/mol. The standard InChI is InChI=1S/C39H30N2O/c1-23-10-8-17-33-37(23)40-38(42-33)24-18-20-26(21-19-24)41-31-16-7-5-13-28(31)35-32(41)22-25-11-9-15-30-34(25)36(35)27-12-4-6-14-29(27)39(30,2)3/h4-9,11-23H,10H2,1-3H3. The fraction of sp³-hybridized carbons (Fsp3) is 0.154. The number of para-hydroxylation sites is 1. The lowest BCUT2D eigenvalue weighted by molar-refractivity contribution is 0.556. The fourth-order valence-electron chi connectivity index (χ4n) is 7.54. The number of fused-ring (bicyclic) bond motifs is 7. The smallest absolute Gasteiger partial charge is 0.226 e. The van der Waals surface area contributed by atoms with Crippen molar-refractivity contribution in [2.24, 2.45) is 0 Å². The fourth-order valence-corrected chi connectivity index (χ4v) is 7.54. The summed E-state index contributed by atoms with van der Waals surface area (Å²) in [5.41, 5.74) is 11.0. The molecule has 0 saturated heterocycles. The predicted octanol–water partition coefficient (Wildman–Crippen LogP) is 10.4. The number of benzene rings is 5. The van der Waals surface area contributed by atoms with E-state index in [1.54, 1.807) is 0 Å². The molecule has 0 radical (unpaired) electrons. The molecule has 3 heteroatoms. The molecule has 2 aromatic heterocycles. The Labute approximate surface area is 244 Å². The van der Waals surface area contributed by atoms with Crippen molar-refractivity contribution < 1.29 is 4.42 Å². The van der Waals surface area contributed by atoms with Gasteiger partial charge >= 0.3 is 0 Å². The van der Waals surface area contributed by atoms with E-state index in [1.165, 1.54) is 54.8 Å². The Morgan fingerprint density at radius 3 is 2.45 bits per heavy atom. The number of nitrogens with zero attached hydrogens (tertiary/aromatic N) is 2. The van der Waals surface area contributed by atoms with Crippen molar-refractivity contribution in [2.45, 2.75) is 38.5 Å². The molecular formula is C39H30N2O. The highest BCUT2D eigenvalue weighted by molar-refractivity contribution is 6.24. The van der Waals surface area contributed by atoms with Gasteiger partial charge in [0.25, 0.3) is 0 Å². The Kier molecular flexibility index (Phi) is 4.72. The molecule has 42 heavy (non-hydrogen) atoms. The third kappa shape index (κ3) is 3.08. The molecule has 0 saturated carbocycles. The number of hydrogen-bond donors (Lipinski definition) is 0. The van der Waals surface area contributed by atoms with Crippen molar-refractivity contribution in [3.05, 3.63) is 126 Å². The van der Waals surface area contributed by atoms with Crippen LogP contribution in [0.3, 0.4) is 0 Å². The van der Waals surface area contributed by atoms with Gasteiger partial charge in [0, 0.05) is 38.9 Å². The van der Waals surface area contributed by atoms with Gasteiger partial charge in [-0.2, -0.15) is 0 Å². The summed E-state index contributed by atoms with van der Waals surface area (Å²) < 4.78 is 8.60. The number of aromatic nitrogens is 2. The molecule has 2 heterocycles. The average Bonchev–Trinajstić information content (AvgIpc) is 3.60. The SMILES string of the molecule is CC1CC=Cc2oc(-c3ccc(-n4c5ccccc5c5c6c7c(cccc7cc54)C(C)(C)c4ccccc4-6)cc3)nc21. The molecule has 0 N–H and O–H groups in total. The highest BCUT2D eigenvalue weighted by atomic mass is 16.4. The van der Waals surface area contributed by atoms with Crippen LogP contribution in [-0.4, -0.2) is 9.55 Å². The van der Waals surface area contributed by atoms with Gasteiger partial charge in [0.1, 0.15) is 0 Å². The van der Waals surface area contributed by atoms with Gasteiger partial charge in [0.05, 0.1) is 16.7 Å². The maximum Gasteiger partial charge on any atom is 0.226 e. The number of rotatable bonds is 2. The number of oxazole rings is 1. The highest BCUT2D eigenvalue weighted by Crippen LogP contribution is 2.52. The molecule has 7 aromatic rings. The second-order valence-corrected chi connectivity index (χ2v) is 12.4. The molecule has 0 spiro atoms. The van der Waals surface area contributed by atoms with Crippen molar-refractivity contribution in [1.29, 1.82) is 0 Å². The molecule has 0 bridgehead atoms. The summed E-state index contributed by atoms with van der Waals surface area (Å²) in [6.07, 6.45) is 5.23. The van der Waals surface area contributed by atoms with Crippen LogP contribution < -0.4 is 0 Å². The molecule has 0 amide bonds. The molecule has 0 aliphatic heterocycles. The van der Waals surface area contributed by atoms with Gasteiger partial charge in [-0.05, 0) is 76.4 Å². The lowest BCUT2D eigenvalue weighted by Gasteiger charge is -2.35. The highest BCUT2D eigenvalue weighted by Gasteiger charge is 2.35. The first-order valence-electron chi connectivity index (χ1n) is 14.9. The van der Waals surface area contributed by atoms with Gasteiger partial charge in [0.15, 0.2) is 5.76 Å². The molecule has 0 fully saturated rings. The lowest BCUT2D eigenvalue weighted by atomic mass is 9.68. The number of allylic oxidation sites excluding steroid dienone is 1. The molecule has 5 aromatic carbocycles. The van der Waals surface area contributed by atoms with E-state index in [1.807, 2.05) is 0 Å². The molecule has 1 unspecified atom stereocenters. The van der Waals surface area contributed by atoms with Gasteiger partial charge in [-0.1, -0.05) is 87.5 Å². The molecule has 9 rings (SSSR count). The Balaban J connectivity index is 1.32. The normalized spacial score (nSPS) is 16.7. The first-order chi connectivity index (χ1) is 20.5. The minimum atomic E-state index is -0.0718. The first kappa shape index (κ1) is 23.8. The zero-order chi connectivity index (χ0) is 28.2. The van der Waals surface area contributed by atoms with Crippen LogP contribution in [-0.2, 0) is 5.41 Å². The zero-order valence-corrected chi connectivity index (χ0v) is 24.0. The third-order valence-corrected chi connectivity index (χ3v) is 9.62. The second kappa shape index (κ2) is 8.33. The summed E-state index contributed by atoms with van der Waals surface area (Å²) in [6, 6.07) is 35.7. The van der Waals surface area contributed by atoms with Crippen LogP contribution in [0.5, 0.6) is 0 Å². The van der Waals surface area contributed by atoms with Gasteiger partial charge < -0.3 is 8.98 Å². The van der Waals surface area contributed by atoms with Gasteiger partial charge in [-0.25, -0.2) is 4.98 Å². The minimum Gasteiger partial charge on any atom is -0.436 e. The average molecular weight is 543 g/mol. The predicted molar refractivity (Wildman–Crippen MR) is 173 cm³/mol. The zero-order valence-electron chi connectivity index (χ0n) is 24.0. The van der Waals surface area contributed by atoms with E-state index in [2.05, 4.69) is 135 Å². The summed E-state index contributed by atoms with van der Waals surface area (Å²) in [4.78, 5) is 4.87. The van der Waals surface area contributed by atoms with Crippen molar-refractivity contribution in [2.75, 3.05) is 0 Å². The van der Waals surface area contributed by atoms with Crippen LogP contribution in [0.2, 0.25) is 0 Å². The van der Waals surface area contributed by atoms with Crippen molar-refractivity contribution >= 4 is 38.7 Å². The van der Waals surface area contributed by atoms with Crippen molar-refractivity contribution in [3.63, 3.8) is 0 Å². The van der Waals surface area contributed by atoms with E-state index in [4.69, 9.17) is 9.40 Å². The summed E-state index contributed by atoms with van der Waals surface area (Å²) in [7, 11) is 0. The Bertz CT molecular complexity index is 2260. The van der Waals surface area contributed by atoms with E-state index in [0.29, 0.717) is 11.8 Å². The minimum absolute atomic E-state index is 0.0718. The van der Waals surface area contributed by atoms with E-state index < -0.39 is 0 Å². The van der Waals surface area contributed by atoms with Crippen LogP contribution in [0.25, 0.3) is 66.9 Å². The molecule has 202 valence electrons. The van der Waals surface area contributed by atoms with E-state index >= 15 is 0 Å². The summed E-state index contributed by atoms with van der Waals surface area (Å²) in [6.45, 7) is 6.93. The van der Waals surface area contributed by atoms with E-state index in [-0.39, 0.29) is 5.41 Å². The second-order valence-electron chi connectivity index (χ2n) is 12.4. The summed E-state index contributed by atoms with van der Waals surface area (Å²) in [5, 5.41) is 5.26. The van der Waals surface area contributed by atoms with Gasteiger partial charge in [0.2, 0.25) is 5.89 Å². The Morgan fingerprint density at radius 1 is 0.810 bits per heavy atom. The Hall–Kier alpha value is -4.89. The molecule has 3 nitrogen and oxygen atoms in total. The van der Waals surface area contributed by atoms with Crippen LogP contribution in [0, 0.1) is 0 Å². The van der Waals surface area contributed by atoms with Gasteiger partial charge in [-0.15, -0.1) is 0 Å². The first-order valence-corrected chi connectivity index (χ1v) is 14.9. The lowest BCUT2D eigenvalue weighted by Crippen LogP contribution is -2.23. The topological polar surface area (TPSA) is 31.0 Å². The molecule has 2 aliphatic rings. The van der Waals surface area contributed by atoms with E-state index in [9.17, 15) is 0 Å². The van der Waals surface area contributed by atoms with E-state index in [0.717, 1.165) is 29.1 Å². The molecule has 2 aliphatic carbocycles. The summed E-state index contributed by atoms with van der Waals surface area (Å²) >= 11 is 0. The van der Waals surface area contributed by atoms with Crippen LogP contribution >= 0.6 is 0 Å². The Morgan fingerprint density at radius 2 is 1.60 bits per heavy atom. The molecule has 1 atom stereocenters. The van der Waals surface area contributed by atoms with Crippen LogP contribution in [0.15, 0.2) is 108 Å². The van der Waals surface area contributed by atoms with Crippen molar-refractivity contribution in [3.8, 4) is 28.3 Å². The monoisotopic (exact) mass is 542 g/mol. The van der Waals surface area contributed by atoms with Crippen LogP contribution in [0.4, 0.5) is 0 Å². The number of hydrogen-bond acceptors (Lipinski definition) is 2. The largest absolute Gasteiger partial charge is 0.436 e. The van der Waals surface area contributed by atoms with Gasteiger partial charge in [-0.3, -0.25) is 0 Å². The maximum absolute atomic E-state index is 6.18. The third-order valence-electron chi connectivity index (χ3n) is 9.62. The van der Waals surface area contributed by atoms with Crippen LogP contribution in [0.1, 0.15) is 55.7 Å². The summed E-state index contributed by atoms with van der Waals surface area (Å²) in [5.74, 6) is 1.96. The quantitative estimate of drug-likeness (QED) is 0.218.